The maximum Gasteiger partial charge on any atom is 0.150 e. The number of carbonyl (C=O) groups is 1. The van der Waals surface area contributed by atoms with E-state index in [0.29, 0.717) is 6.04 Å². The second kappa shape index (κ2) is 4.80. The average molecular weight is 191 g/mol. The van der Waals surface area contributed by atoms with E-state index in [2.05, 4.69) is 25.8 Å². The van der Waals surface area contributed by atoms with E-state index >= 15 is 0 Å². The molecule has 0 amide bonds. The van der Waals surface area contributed by atoms with Gasteiger partial charge in [-0.15, -0.1) is 0 Å². The first-order valence-electron chi connectivity index (χ1n) is 4.97. The lowest BCUT2D eigenvalue weighted by Gasteiger charge is -2.26. The summed E-state index contributed by atoms with van der Waals surface area (Å²) in [4.78, 5) is 12.7. The molecule has 1 aromatic rings. The Bertz CT molecular complexity index is 292. The van der Waals surface area contributed by atoms with Gasteiger partial charge in [-0.05, 0) is 37.6 Å². The van der Waals surface area contributed by atoms with Gasteiger partial charge in [-0.3, -0.25) is 4.79 Å². The van der Waals surface area contributed by atoms with Gasteiger partial charge < -0.3 is 4.90 Å². The van der Waals surface area contributed by atoms with Gasteiger partial charge in [0.2, 0.25) is 0 Å². The topological polar surface area (TPSA) is 20.3 Å². The monoisotopic (exact) mass is 191 g/mol. The van der Waals surface area contributed by atoms with Gasteiger partial charge in [0.05, 0.1) is 0 Å². The van der Waals surface area contributed by atoms with Gasteiger partial charge in [0.1, 0.15) is 6.29 Å². The maximum absolute atomic E-state index is 10.5. The van der Waals surface area contributed by atoms with Crippen LogP contribution in [0, 0.1) is 0 Å². The van der Waals surface area contributed by atoms with Gasteiger partial charge in [-0.25, -0.2) is 0 Å². The number of aldehydes is 1. The van der Waals surface area contributed by atoms with E-state index in [4.69, 9.17) is 0 Å². The molecule has 1 unspecified atom stereocenters. The van der Waals surface area contributed by atoms with Crippen LogP contribution in [-0.2, 0) is 0 Å². The predicted molar refractivity (Wildman–Crippen MR) is 60.0 cm³/mol. The van der Waals surface area contributed by atoms with Gasteiger partial charge in [-0.2, -0.15) is 0 Å². The molecule has 0 aromatic heterocycles. The summed E-state index contributed by atoms with van der Waals surface area (Å²) in [5, 5.41) is 0. The Labute approximate surface area is 85.5 Å². The minimum atomic E-state index is 0.525. The van der Waals surface area contributed by atoms with Crippen molar-refractivity contribution >= 4 is 12.0 Å². The van der Waals surface area contributed by atoms with Gasteiger partial charge >= 0.3 is 0 Å². The molecule has 14 heavy (non-hydrogen) atoms. The van der Waals surface area contributed by atoms with E-state index in [1.54, 1.807) is 0 Å². The highest BCUT2D eigenvalue weighted by atomic mass is 16.1. The molecule has 0 heterocycles. The third kappa shape index (κ3) is 2.34. The molecular weight excluding hydrogens is 174 g/mol. The fourth-order valence-electron chi connectivity index (χ4n) is 1.32. The predicted octanol–water partition coefficient (Wildman–Crippen LogP) is 2.73. The van der Waals surface area contributed by atoms with E-state index in [9.17, 15) is 4.79 Å². The molecule has 0 aliphatic carbocycles. The fourth-order valence-corrected chi connectivity index (χ4v) is 1.32. The zero-order valence-electron chi connectivity index (χ0n) is 9.03. The van der Waals surface area contributed by atoms with Crippen molar-refractivity contribution in [1.82, 2.24) is 0 Å². The van der Waals surface area contributed by atoms with Crippen molar-refractivity contribution in [3.05, 3.63) is 29.8 Å². The number of nitrogens with zero attached hydrogens (tertiary/aromatic N) is 1. The molecule has 2 heteroatoms. The minimum absolute atomic E-state index is 0.525. The van der Waals surface area contributed by atoms with Crippen molar-refractivity contribution in [1.29, 1.82) is 0 Å². The lowest BCUT2D eigenvalue weighted by Crippen LogP contribution is -2.27. The summed E-state index contributed by atoms with van der Waals surface area (Å²) >= 11 is 0. The Morgan fingerprint density at radius 3 is 2.36 bits per heavy atom. The number of rotatable bonds is 4. The Balaban J connectivity index is 2.80. The molecular formula is C12H17NO. The molecule has 0 saturated carbocycles. The van der Waals surface area contributed by atoms with Crippen molar-refractivity contribution < 1.29 is 4.79 Å². The number of carbonyl (C=O) groups excluding carboxylic acids is 1. The molecule has 0 radical (unpaired) electrons. The number of anilines is 1. The quantitative estimate of drug-likeness (QED) is 0.682. The Kier molecular flexibility index (Phi) is 3.69. The molecule has 1 atom stereocenters. The fraction of sp³-hybridized carbons (Fsp3) is 0.417. The lowest BCUT2D eigenvalue weighted by molar-refractivity contribution is 0.112. The van der Waals surface area contributed by atoms with Gasteiger partial charge in [0.25, 0.3) is 0 Å². The van der Waals surface area contributed by atoms with Gasteiger partial charge in [0, 0.05) is 24.3 Å². The SMILES string of the molecule is CCC(C)N(C)c1ccc(C=O)cc1. The number of hydrogen-bond acceptors (Lipinski definition) is 2. The van der Waals surface area contributed by atoms with Gasteiger partial charge in [0.15, 0.2) is 0 Å². The molecule has 1 aromatic carbocycles. The first-order valence-corrected chi connectivity index (χ1v) is 4.97. The highest BCUT2D eigenvalue weighted by molar-refractivity contribution is 5.75. The molecule has 1 rings (SSSR count). The molecule has 0 aliphatic heterocycles. The van der Waals surface area contributed by atoms with E-state index in [-0.39, 0.29) is 0 Å². The third-order valence-corrected chi connectivity index (χ3v) is 2.69. The van der Waals surface area contributed by atoms with Crippen molar-refractivity contribution in [3.8, 4) is 0 Å². The Hall–Kier alpha value is -1.31. The highest BCUT2D eigenvalue weighted by Gasteiger charge is 2.06. The minimum Gasteiger partial charge on any atom is -0.372 e. The van der Waals surface area contributed by atoms with Crippen LogP contribution in [0.2, 0.25) is 0 Å². The highest BCUT2D eigenvalue weighted by Crippen LogP contribution is 2.16. The molecule has 0 saturated heterocycles. The molecule has 2 nitrogen and oxygen atoms in total. The van der Waals surface area contributed by atoms with E-state index < -0.39 is 0 Å². The van der Waals surface area contributed by atoms with Crippen LogP contribution >= 0.6 is 0 Å². The summed E-state index contributed by atoms with van der Waals surface area (Å²) in [6.45, 7) is 4.36. The van der Waals surface area contributed by atoms with Crippen LogP contribution in [0.15, 0.2) is 24.3 Å². The van der Waals surface area contributed by atoms with Crippen LogP contribution < -0.4 is 4.90 Å². The Morgan fingerprint density at radius 1 is 1.36 bits per heavy atom. The van der Waals surface area contributed by atoms with Crippen molar-refractivity contribution in [3.63, 3.8) is 0 Å². The molecule has 0 fully saturated rings. The van der Waals surface area contributed by atoms with Crippen LogP contribution in [0.3, 0.4) is 0 Å². The largest absolute Gasteiger partial charge is 0.372 e. The molecule has 0 spiro atoms. The summed E-state index contributed by atoms with van der Waals surface area (Å²) in [7, 11) is 2.07. The van der Waals surface area contributed by atoms with Crippen LogP contribution in [0.5, 0.6) is 0 Å². The van der Waals surface area contributed by atoms with Gasteiger partial charge in [-0.1, -0.05) is 6.92 Å². The molecule has 76 valence electrons. The average Bonchev–Trinajstić information content (AvgIpc) is 2.27. The van der Waals surface area contributed by atoms with Crippen molar-refractivity contribution in [2.45, 2.75) is 26.3 Å². The molecule has 0 N–H and O–H groups in total. The lowest BCUT2D eigenvalue weighted by atomic mass is 10.1. The summed E-state index contributed by atoms with van der Waals surface area (Å²) in [5.41, 5.74) is 1.89. The third-order valence-electron chi connectivity index (χ3n) is 2.69. The van der Waals surface area contributed by atoms with Crippen molar-refractivity contribution in [2.75, 3.05) is 11.9 Å². The summed E-state index contributed by atoms with van der Waals surface area (Å²) in [6, 6.07) is 8.19. The maximum atomic E-state index is 10.5. The van der Waals surface area contributed by atoms with E-state index in [1.165, 1.54) is 0 Å². The van der Waals surface area contributed by atoms with E-state index in [1.807, 2.05) is 24.3 Å². The van der Waals surface area contributed by atoms with Crippen LogP contribution in [0.1, 0.15) is 30.6 Å². The van der Waals surface area contributed by atoms with Crippen molar-refractivity contribution in [2.24, 2.45) is 0 Å². The summed E-state index contributed by atoms with van der Waals surface area (Å²) in [5.74, 6) is 0. The molecule has 0 aliphatic rings. The Morgan fingerprint density at radius 2 is 1.93 bits per heavy atom. The summed E-state index contributed by atoms with van der Waals surface area (Å²) < 4.78 is 0. The van der Waals surface area contributed by atoms with Crippen LogP contribution in [-0.4, -0.2) is 19.4 Å². The first kappa shape index (κ1) is 10.8. The zero-order valence-corrected chi connectivity index (χ0v) is 9.03. The van der Waals surface area contributed by atoms with Crippen LogP contribution in [0.25, 0.3) is 0 Å². The normalized spacial score (nSPS) is 12.2. The van der Waals surface area contributed by atoms with Crippen LogP contribution in [0.4, 0.5) is 5.69 Å². The van der Waals surface area contributed by atoms with E-state index in [0.717, 1.165) is 24.0 Å². The summed E-state index contributed by atoms with van der Waals surface area (Å²) in [6.07, 6.45) is 1.99. The number of benzene rings is 1. The molecule has 0 bridgehead atoms. The zero-order chi connectivity index (χ0) is 10.6. The smallest absolute Gasteiger partial charge is 0.150 e. The second-order valence-electron chi connectivity index (χ2n) is 3.58. The standard InChI is InChI=1S/C12H17NO/c1-4-10(2)13(3)12-7-5-11(9-14)6-8-12/h5-10H,4H2,1-3H3. The first-order chi connectivity index (χ1) is 6.69. The second-order valence-corrected chi connectivity index (χ2v) is 3.58. The number of hydrogen-bond donors (Lipinski definition) is 0.